The van der Waals surface area contributed by atoms with Gasteiger partial charge in [0.2, 0.25) is 15.9 Å². The number of carbonyl (C=O) groups is 1. The number of benzene rings is 2. The Labute approximate surface area is 201 Å². The van der Waals surface area contributed by atoms with E-state index >= 15 is 0 Å². The highest BCUT2D eigenvalue weighted by Crippen LogP contribution is 2.38. The van der Waals surface area contributed by atoms with E-state index in [0.717, 1.165) is 42.0 Å². The molecule has 2 aromatic rings. The zero-order valence-corrected chi connectivity index (χ0v) is 20.3. The maximum Gasteiger partial charge on any atom is 0.243 e. The van der Waals surface area contributed by atoms with E-state index in [0.29, 0.717) is 50.8 Å². The molecule has 5 rings (SSSR count). The Kier molecular flexibility index (Phi) is 6.50. The van der Waals surface area contributed by atoms with E-state index in [2.05, 4.69) is 4.90 Å². The first-order chi connectivity index (χ1) is 16.4. The van der Waals surface area contributed by atoms with Crippen molar-refractivity contribution in [2.45, 2.75) is 30.7 Å². The van der Waals surface area contributed by atoms with Gasteiger partial charge < -0.3 is 14.4 Å². The van der Waals surface area contributed by atoms with E-state index in [1.54, 1.807) is 12.1 Å². The van der Waals surface area contributed by atoms with Crippen LogP contribution >= 0.6 is 0 Å². The molecule has 0 unspecified atom stereocenters. The van der Waals surface area contributed by atoms with Crippen molar-refractivity contribution in [2.24, 2.45) is 0 Å². The molecular weight excluding hydrogens is 454 g/mol. The molecule has 0 saturated carbocycles. The number of likely N-dealkylation sites (tertiary alicyclic amines) is 1. The van der Waals surface area contributed by atoms with Crippen LogP contribution in [0.5, 0.6) is 11.5 Å². The number of rotatable bonds is 5. The molecule has 0 bridgehead atoms. The molecule has 8 nitrogen and oxygen atoms in total. The number of nitrogens with zero attached hydrogens (tertiary/aromatic N) is 3. The van der Waals surface area contributed by atoms with Gasteiger partial charge in [0.25, 0.3) is 0 Å². The fraction of sp³-hybridized carbons (Fsp3) is 0.480. The SMILES string of the molecule is Cc1ccc(S(=O)(=O)N2CCN(CC(=O)N3CCC[C@H]3c3ccc4c(c3)OCCO4)CC2)cc1. The lowest BCUT2D eigenvalue weighted by atomic mass is 10.0. The highest BCUT2D eigenvalue weighted by Gasteiger charge is 2.33. The second kappa shape index (κ2) is 9.56. The second-order valence-corrected chi connectivity index (χ2v) is 11.1. The molecular formula is C25H31N3O5S. The minimum absolute atomic E-state index is 0.0338. The molecule has 34 heavy (non-hydrogen) atoms. The number of hydrogen-bond acceptors (Lipinski definition) is 6. The van der Waals surface area contributed by atoms with E-state index < -0.39 is 10.0 Å². The normalized spacial score (nSPS) is 21.6. The van der Waals surface area contributed by atoms with Gasteiger partial charge >= 0.3 is 0 Å². The number of piperazine rings is 1. The zero-order chi connectivity index (χ0) is 23.7. The number of aryl methyl sites for hydroxylation is 1. The van der Waals surface area contributed by atoms with Crippen LogP contribution in [0.25, 0.3) is 0 Å². The smallest absolute Gasteiger partial charge is 0.243 e. The summed E-state index contributed by atoms with van der Waals surface area (Å²) in [7, 11) is -3.51. The Hall–Kier alpha value is -2.62. The molecule has 2 saturated heterocycles. The van der Waals surface area contributed by atoms with Crippen LogP contribution in [0.4, 0.5) is 0 Å². The summed E-state index contributed by atoms with van der Waals surface area (Å²) in [6, 6.07) is 12.9. The molecule has 0 aromatic heterocycles. The lowest BCUT2D eigenvalue weighted by molar-refractivity contribution is -0.133. The minimum Gasteiger partial charge on any atom is -0.486 e. The molecule has 0 radical (unpaired) electrons. The van der Waals surface area contributed by atoms with Gasteiger partial charge in [-0.3, -0.25) is 9.69 Å². The van der Waals surface area contributed by atoms with Crippen LogP contribution in [-0.4, -0.2) is 80.9 Å². The average Bonchev–Trinajstić information content (AvgIpc) is 3.35. The van der Waals surface area contributed by atoms with Crippen LogP contribution in [-0.2, 0) is 14.8 Å². The van der Waals surface area contributed by atoms with Gasteiger partial charge in [-0.1, -0.05) is 23.8 Å². The summed E-state index contributed by atoms with van der Waals surface area (Å²) in [6.45, 7) is 5.92. The van der Waals surface area contributed by atoms with E-state index in [1.165, 1.54) is 4.31 Å². The van der Waals surface area contributed by atoms with Crippen molar-refractivity contribution < 1.29 is 22.7 Å². The van der Waals surface area contributed by atoms with Gasteiger partial charge in [-0.15, -0.1) is 0 Å². The van der Waals surface area contributed by atoms with Gasteiger partial charge in [0.1, 0.15) is 13.2 Å². The maximum absolute atomic E-state index is 13.2. The quantitative estimate of drug-likeness (QED) is 0.647. The second-order valence-electron chi connectivity index (χ2n) is 9.14. The molecule has 3 aliphatic heterocycles. The van der Waals surface area contributed by atoms with Crippen LogP contribution in [0, 0.1) is 6.92 Å². The largest absolute Gasteiger partial charge is 0.486 e. The molecule has 182 valence electrons. The topological polar surface area (TPSA) is 79.4 Å². The van der Waals surface area contributed by atoms with Gasteiger partial charge in [-0.2, -0.15) is 4.31 Å². The number of ether oxygens (including phenoxy) is 2. The summed E-state index contributed by atoms with van der Waals surface area (Å²) >= 11 is 0. The molecule has 0 aliphatic carbocycles. The van der Waals surface area contributed by atoms with Gasteiger partial charge in [-0.25, -0.2) is 8.42 Å². The van der Waals surface area contributed by atoms with Crippen molar-refractivity contribution in [3.05, 3.63) is 53.6 Å². The van der Waals surface area contributed by atoms with Gasteiger partial charge in [0.15, 0.2) is 11.5 Å². The van der Waals surface area contributed by atoms with Crippen LogP contribution in [0.15, 0.2) is 47.4 Å². The van der Waals surface area contributed by atoms with Crippen LogP contribution in [0.3, 0.4) is 0 Å². The predicted molar refractivity (Wildman–Crippen MR) is 127 cm³/mol. The third-order valence-electron chi connectivity index (χ3n) is 6.87. The fourth-order valence-corrected chi connectivity index (χ4v) is 6.37. The first-order valence-electron chi connectivity index (χ1n) is 11.9. The van der Waals surface area contributed by atoms with Crippen LogP contribution < -0.4 is 9.47 Å². The number of sulfonamides is 1. The summed E-state index contributed by atoms with van der Waals surface area (Å²) in [4.78, 5) is 17.6. The number of fused-ring (bicyclic) bond motifs is 1. The van der Waals surface area contributed by atoms with Crippen molar-refractivity contribution in [1.82, 2.24) is 14.1 Å². The van der Waals surface area contributed by atoms with Crippen molar-refractivity contribution in [2.75, 3.05) is 52.5 Å². The minimum atomic E-state index is -3.51. The summed E-state index contributed by atoms with van der Waals surface area (Å²) in [5.74, 6) is 1.59. The van der Waals surface area contributed by atoms with Gasteiger partial charge in [0, 0.05) is 32.7 Å². The molecule has 9 heteroatoms. The summed E-state index contributed by atoms with van der Waals surface area (Å²) in [5, 5.41) is 0. The van der Waals surface area contributed by atoms with E-state index in [9.17, 15) is 13.2 Å². The van der Waals surface area contributed by atoms with Crippen molar-refractivity contribution in [3.8, 4) is 11.5 Å². The lowest BCUT2D eigenvalue weighted by Gasteiger charge is -2.35. The molecule has 1 atom stereocenters. The highest BCUT2D eigenvalue weighted by atomic mass is 32.2. The van der Waals surface area contributed by atoms with Crippen LogP contribution in [0.1, 0.15) is 30.0 Å². The molecule has 0 N–H and O–H groups in total. The predicted octanol–water partition coefficient (Wildman–Crippen LogP) is 2.44. The van der Waals surface area contributed by atoms with Gasteiger partial charge in [0.05, 0.1) is 17.5 Å². The third kappa shape index (κ3) is 4.64. The first-order valence-corrected chi connectivity index (χ1v) is 13.3. The number of amides is 1. The Balaban J connectivity index is 1.19. The standard InChI is InChI=1S/C25H31N3O5S/c1-19-4-7-21(8-5-19)34(30,31)27-13-11-26(12-14-27)18-25(29)28-10-2-3-22(28)20-6-9-23-24(17-20)33-16-15-32-23/h4-9,17,22H,2-3,10-16,18H2,1H3/t22-/m0/s1. The molecule has 0 spiro atoms. The Morgan fingerprint density at radius 3 is 2.38 bits per heavy atom. The zero-order valence-electron chi connectivity index (χ0n) is 19.5. The molecule has 2 fully saturated rings. The van der Waals surface area contributed by atoms with Crippen molar-refractivity contribution in [3.63, 3.8) is 0 Å². The monoisotopic (exact) mass is 485 g/mol. The molecule has 2 aromatic carbocycles. The summed E-state index contributed by atoms with van der Waals surface area (Å²) in [5.41, 5.74) is 2.10. The van der Waals surface area contributed by atoms with E-state index in [4.69, 9.17) is 9.47 Å². The summed E-state index contributed by atoms with van der Waals surface area (Å²) < 4.78 is 38.8. The Morgan fingerprint density at radius 1 is 0.941 bits per heavy atom. The van der Waals surface area contributed by atoms with Gasteiger partial charge in [-0.05, 0) is 49.6 Å². The number of carbonyl (C=O) groups excluding carboxylic acids is 1. The highest BCUT2D eigenvalue weighted by molar-refractivity contribution is 7.89. The van der Waals surface area contributed by atoms with Crippen molar-refractivity contribution in [1.29, 1.82) is 0 Å². The number of hydrogen-bond donors (Lipinski definition) is 0. The van der Waals surface area contributed by atoms with Crippen molar-refractivity contribution >= 4 is 15.9 Å². The third-order valence-corrected chi connectivity index (χ3v) is 8.79. The average molecular weight is 486 g/mol. The van der Waals surface area contributed by atoms with E-state index in [1.807, 2.05) is 42.2 Å². The Morgan fingerprint density at radius 2 is 1.65 bits per heavy atom. The molecule has 1 amide bonds. The maximum atomic E-state index is 13.2. The molecule has 3 heterocycles. The Bertz CT molecular complexity index is 1140. The van der Waals surface area contributed by atoms with E-state index in [-0.39, 0.29) is 11.9 Å². The summed E-state index contributed by atoms with van der Waals surface area (Å²) in [6.07, 6.45) is 1.89. The van der Waals surface area contributed by atoms with Crippen LogP contribution in [0.2, 0.25) is 0 Å². The molecule has 3 aliphatic rings. The first kappa shape index (κ1) is 23.1. The lowest BCUT2D eigenvalue weighted by Crippen LogP contribution is -2.51. The fourth-order valence-electron chi connectivity index (χ4n) is 4.95.